The van der Waals surface area contributed by atoms with Gasteiger partial charge < -0.3 is 15.0 Å². The summed E-state index contributed by atoms with van der Waals surface area (Å²) in [5.41, 5.74) is 3.12. The Balaban J connectivity index is 1.51. The second-order valence-corrected chi connectivity index (χ2v) is 8.58. The van der Waals surface area contributed by atoms with E-state index in [4.69, 9.17) is 4.74 Å². The number of aryl methyl sites for hydroxylation is 1. The Morgan fingerprint density at radius 2 is 2.03 bits per heavy atom. The van der Waals surface area contributed by atoms with Crippen LogP contribution in [0.15, 0.2) is 42.0 Å². The minimum absolute atomic E-state index is 0.0805. The molecule has 2 aromatic heterocycles. The van der Waals surface area contributed by atoms with Crippen molar-refractivity contribution >= 4 is 28.8 Å². The van der Waals surface area contributed by atoms with Crippen molar-refractivity contribution in [2.75, 3.05) is 25.0 Å². The van der Waals surface area contributed by atoms with Crippen molar-refractivity contribution in [3.05, 3.63) is 58.9 Å². The third-order valence-corrected chi connectivity index (χ3v) is 6.27. The topological polar surface area (TPSA) is 97.3 Å². The Morgan fingerprint density at radius 1 is 1.22 bits per heavy atom. The quantitative estimate of drug-likeness (QED) is 0.591. The van der Waals surface area contributed by atoms with Crippen LogP contribution in [0, 0.1) is 13.8 Å². The van der Waals surface area contributed by atoms with Crippen molar-refractivity contribution in [3.63, 3.8) is 0 Å². The number of benzene rings is 1. The molecular weight excluding hydrogens is 426 g/mol. The van der Waals surface area contributed by atoms with Crippen LogP contribution in [0.3, 0.4) is 0 Å². The van der Waals surface area contributed by atoms with E-state index in [1.54, 1.807) is 23.8 Å². The summed E-state index contributed by atoms with van der Waals surface area (Å²) >= 11 is 1.30. The van der Waals surface area contributed by atoms with Gasteiger partial charge in [0.05, 0.1) is 6.10 Å². The number of anilines is 1. The van der Waals surface area contributed by atoms with Crippen LogP contribution < -0.4 is 5.32 Å². The van der Waals surface area contributed by atoms with Gasteiger partial charge in [-0.2, -0.15) is 0 Å². The van der Waals surface area contributed by atoms with Gasteiger partial charge in [0.25, 0.3) is 5.91 Å². The van der Waals surface area contributed by atoms with E-state index in [1.165, 1.54) is 16.2 Å². The monoisotopic (exact) mass is 451 g/mol. The van der Waals surface area contributed by atoms with E-state index in [-0.39, 0.29) is 30.2 Å². The van der Waals surface area contributed by atoms with Gasteiger partial charge in [0.15, 0.2) is 10.8 Å². The number of hydrogen-bond donors (Lipinski definition) is 1. The van der Waals surface area contributed by atoms with Gasteiger partial charge in [-0.1, -0.05) is 12.1 Å². The summed E-state index contributed by atoms with van der Waals surface area (Å²) in [6.07, 6.45) is 5.00. The Kier molecular flexibility index (Phi) is 6.87. The molecule has 1 aliphatic rings. The molecule has 3 heterocycles. The van der Waals surface area contributed by atoms with E-state index in [0.29, 0.717) is 24.0 Å². The molecule has 0 saturated carbocycles. The zero-order chi connectivity index (χ0) is 22.5. The number of amides is 2. The smallest absolute Gasteiger partial charge is 0.273 e. The number of nitrogens with one attached hydrogen (secondary N) is 1. The molecule has 1 N–H and O–H groups in total. The first-order valence-electron chi connectivity index (χ1n) is 10.5. The molecule has 166 valence electrons. The van der Waals surface area contributed by atoms with Crippen molar-refractivity contribution in [1.29, 1.82) is 0 Å². The SMILES string of the molecule is Cc1cccc(NC(=O)CN(CC2CCCO2)C(=O)c2csc(-c3ncccn3)n2)c1C. The Labute approximate surface area is 190 Å². The first kappa shape index (κ1) is 22.0. The standard InChI is InChI=1S/C23H25N5O3S/c1-15-6-3-8-18(16(15)2)26-20(29)13-28(12-17-7-4-11-31-17)23(30)19-14-32-22(27-19)21-24-9-5-10-25-21/h3,5-6,8-10,14,17H,4,7,11-13H2,1-2H3,(H,26,29). The summed E-state index contributed by atoms with van der Waals surface area (Å²) in [6, 6.07) is 7.48. The molecule has 1 fully saturated rings. The van der Waals surface area contributed by atoms with E-state index in [2.05, 4.69) is 20.3 Å². The minimum Gasteiger partial charge on any atom is -0.376 e. The van der Waals surface area contributed by atoms with Crippen LogP contribution in [0.1, 0.15) is 34.5 Å². The lowest BCUT2D eigenvalue weighted by Crippen LogP contribution is -2.42. The molecular formula is C23H25N5O3S. The molecule has 2 amide bonds. The highest BCUT2D eigenvalue weighted by atomic mass is 32.1. The molecule has 1 atom stereocenters. The fraction of sp³-hybridized carbons (Fsp3) is 0.348. The van der Waals surface area contributed by atoms with Gasteiger partial charge in [0, 0.05) is 36.6 Å². The zero-order valence-electron chi connectivity index (χ0n) is 18.1. The zero-order valence-corrected chi connectivity index (χ0v) is 18.9. The Bertz CT molecular complexity index is 1100. The average Bonchev–Trinajstić information content (AvgIpc) is 3.49. The molecule has 0 aliphatic carbocycles. The number of carbonyl (C=O) groups excluding carboxylic acids is 2. The van der Waals surface area contributed by atoms with Crippen LogP contribution in [0.25, 0.3) is 10.8 Å². The van der Waals surface area contributed by atoms with E-state index in [1.807, 2.05) is 32.0 Å². The Morgan fingerprint density at radius 3 is 2.78 bits per heavy atom. The van der Waals surface area contributed by atoms with E-state index in [0.717, 1.165) is 29.7 Å². The van der Waals surface area contributed by atoms with Crippen LogP contribution in [0.5, 0.6) is 0 Å². The molecule has 32 heavy (non-hydrogen) atoms. The second kappa shape index (κ2) is 9.97. The van der Waals surface area contributed by atoms with Gasteiger partial charge in [-0.3, -0.25) is 9.59 Å². The van der Waals surface area contributed by atoms with Crippen LogP contribution in [-0.4, -0.2) is 57.5 Å². The fourth-order valence-corrected chi connectivity index (χ4v) is 4.29. The van der Waals surface area contributed by atoms with Crippen LogP contribution in [0.2, 0.25) is 0 Å². The molecule has 1 aliphatic heterocycles. The van der Waals surface area contributed by atoms with Crippen molar-refractivity contribution in [2.45, 2.75) is 32.8 Å². The fourth-order valence-electron chi connectivity index (χ4n) is 3.55. The van der Waals surface area contributed by atoms with Crippen LogP contribution >= 0.6 is 11.3 Å². The second-order valence-electron chi connectivity index (χ2n) is 7.73. The third-order valence-electron chi connectivity index (χ3n) is 5.43. The van der Waals surface area contributed by atoms with Crippen molar-refractivity contribution in [3.8, 4) is 10.8 Å². The van der Waals surface area contributed by atoms with Gasteiger partial charge in [0.1, 0.15) is 12.2 Å². The average molecular weight is 452 g/mol. The predicted octanol–water partition coefficient (Wildman–Crippen LogP) is 3.48. The summed E-state index contributed by atoms with van der Waals surface area (Å²) in [4.78, 5) is 40.4. The van der Waals surface area contributed by atoms with E-state index >= 15 is 0 Å². The number of aromatic nitrogens is 3. The molecule has 0 radical (unpaired) electrons. The normalized spacial score (nSPS) is 15.5. The number of thiazole rings is 1. The maximum Gasteiger partial charge on any atom is 0.273 e. The number of carbonyl (C=O) groups is 2. The minimum atomic E-state index is -0.310. The molecule has 0 spiro atoms. The first-order chi connectivity index (χ1) is 15.5. The molecule has 4 rings (SSSR count). The Hall–Kier alpha value is -3.17. The lowest BCUT2D eigenvalue weighted by Gasteiger charge is -2.24. The predicted molar refractivity (Wildman–Crippen MR) is 123 cm³/mol. The molecule has 1 aromatic carbocycles. The molecule has 8 nitrogen and oxygen atoms in total. The van der Waals surface area contributed by atoms with Crippen molar-refractivity contribution < 1.29 is 14.3 Å². The van der Waals surface area contributed by atoms with Crippen LogP contribution in [-0.2, 0) is 9.53 Å². The highest BCUT2D eigenvalue weighted by Crippen LogP contribution is 2.22. The maximum atomic E-state index is 13.3. The summed E-state index contributed by atoms with van der Waals surface area (Å²) in [7, 11) is 0. The summed E-state index contributed by atoms with van der Waals surface area (Å²) in [5, 5.41) is 5.17. The number of ether oxygens (including phenoxy) is 1. The largest absolute Gasteiger partial charge is 0.376 e. The lowest BCUT2D eigenvalue weighted by atomic mass is 10.1. The summed E-state index contributed by atoms with van der Waals surface area (Å²) < 4.78 is 5.72. The summed E-state index contributed by atoms with van der Waals surface area (Å²) in [5.74, 6) is -0.100. The van der Waals surface area contributed by atoms with E-state index < -0.39 is 0 Å². The van der Waals surface area contributed by atoms with E-state index in [9.17, 15) is 9.59 Å². The number of hydrogen-bond acceptors (Lipinski definition) is 7. The van der Waals surface area contributed by atoms with Crippen molar-refractivity contribution in [2.24, 2.45) is 0 Å². The number of nitrogens with zero attached hydrogens (tertiary/aromatic N) is 4. The number of rotatable bonds is 7. The lowest BCUT2D eigenvalue weighted by molar-refractivity contribution is -0.117. The van der Waals surface area contributed by atoms with Crippen LogP contribution in [0.4, 0.5) is 5.69 Å². The highest BCUT2D eigenvalue weighted by Gasteiger charge is 2.27. The van der Waals surface area contributed by atoms with Gasteiger partial charge in [-0.15, -0.1) is 11.3 Å². The first-order valence-corrected chi connectivity index (χ1v) is 11.4. The molecule has 1 saturated heterocycles. The molecule has 3 aromatic rings. The molecule has 1 unspecified atom stereocenters. The van der Waals surface area contributed by atoms with Gasteiger partial charge >= 0.3 is 0 Å². The van der Waals surface area contributed by atoms with Gasteiger partial charge in [-0.25, -0.2) is 15.0 Å². The third kappa shape index (κ3) is 5.17. The van der Waals surface area contributed by atoms with Gasteiger partial charge in [0.2, 0.25) is 5.91 Å². The highest BCUT2D eigenvalue weighted by molar-refractivity contribution is 7.13. The molecule has 9 heteroatoms. The maximum absolute atomic E-state index is 13.3. The molecule has 0 bridgehead atoms. The van der Waals surface area contributed by atoms with Gasteiger partial charge in [-0.05, 0) is 49.9 Å². The summed E-state index contributed by atoms with van der Waals surface area (Å²) in [6.45, 7) is 4.89. The van der Waals surface area contributed by atoms with Crippen molar-refractivity contribution in [1.82, 2.24) is 19.9 Å².